The van der Waals surface area contributed by atoms with Crippen molar-refractivity contribution in [2.45, 2.75) is 32.9 Å². The highest BCUT2D eigenvalue weighted by Crippen LogP contribution is 2.22. The quantitative estimate of drug-likeness (QED) is 0.688. The zero-order valence-electron chi connectivity index (χ0n) is 16.3. The maximum absolute atomic E-state index is 12.8. The Morgan fingerprint density at radius 1 is 1.25 bits per heavy atom. The van der Waals surface area contributed by atoms with Crippen LogP contribution in [0.2, 0.25) is 0 Å². The van der Waals surface area contributed by atoms with Crippen LogP contribution in [0.3, 0.4) is 0 Å². The summed E-state index contributed by atoms with van der Waals surface area (Å²) in [5.74, 6) is 0.469. The molecule has 0 saturated carbocycles. The summed E-state index contributed by atoms with van der Waals surface area (Å²) in [7, 11) is 3.22. The van der Waals surface area contributed by atoms with Gasteiger partial charge in [0.05, 0.1) is 17.4 Å². The van der Waals surface area contributed by atoms with Gasteiger partial charge in [0.1, 0.15) is 10.6 Å². The van der Waals surface area contributed by atoms with Gasteiger partial charge in [0, 0.05) is 19.6 Å². The summed E-state index contributed by atoms with van der Waals surface area (Å²) in [5, 5.41) is 3.24. The summed E-state index contributed by atoms with van der Waals surface area (Å²) >= 11 is 1.15. The fourth-order valence-corrected chi connectivity index (χ4v) is 3.97. The van der Waals surface area contributed by atoms with Crippen molar-refractivity contribution in [1.82, 2.24) is 14.5 Å². The van der Waals surface area contributed by atoms with Crippen LogP contribution < -0.4 is 21.3 Å². The van der Waals surface area contributed by atoms with Gasteiger partial charge in [0.2, 0.25) is 0 Å². The number of rotatable bonds is 6. The molecule has 0 saturated heterocycles. The molecule has 7 nitrogen and oxygen atoms in total. The highest BCUT2D eigenvalue weighted by atomic mass is 32.1. The molecule has 0 fully saturated rings. The third kappa shape index (κ3) is 3.60. The van der Waals surface area contributed by atoms with Crippen molar-refractivity contribution in [1.29, 1.82) is 0 Å². The number of nitrogens with one attached hydrogen (secondary N) is 1. The normalized spacial score (nSPS) is 12.1. The lowest BCUT2D eigenvalue weighted by Crippen LogP contribution is -2.40. The average Bonchev–Trinajstić information content (AvgIpc) is 3.16. The molecule has 1 aromatic carbocycles. The SMILES string of the molecule is CCC(C)n1c(=O)c2cc(C(=O)NCc3ccc(OC)cc3)sc2n(C)c1=O. The van der Waals surface area contributed by atoms with Crippen LogP contribution in [0.1, 0.15) is 41.5 Å². The number of benzene rings is 1. The minimum Gasteiger partial charge on any atom is -0.497 e. The smallest absolute Gasteiger partial charge is 0.332 e. The van der Waals surface area contributed by atoms with Gasteiger partial charge in [-0.3, -0.25) is 18.7 Å². The van der Waals surface area contributed by atoms with Crippen molar-refractivity contribution >= 4 is 27.5 Å². The maximum atomic E-state index is 12.8. The number of aryl methyl sites for hydroxylation is 1. The maximum Gasteiger partial charge on any atom is 0.332 e. The zero-order valence-corrected chi connectivity index (χ0v) is 17.1. The Balaban J connectivity index is 1.90. The molecule has 0 aliphatic carbocycles. The van der Waals surface area contributed by atoms with E-state index in [9.17, 15) is 14.4 Å². The Bertz CT molecular complexity index is 1130. The number of thiophene rings is 1. The van der Waals surface area contributed by atoms with Gasteiger partial charge < -0.3 is 10.1 Å². The number of fused-ring (bicyclic) bond motifs is 1. The number of nitrogens with zero attached hydrogens (tertiary/aromatic N) is 2. The summed E-state index contributed by atoms with van der Waals surface area (Å²) in [6.07, 6.45) is 0.667. The van der Waals surface area contributed by atoms with Crippen LogP contribution in [0.15, 0.2) is 39.9 Å². The molecule has 3 aromatic rings. The topological polar surface area (TPSA) is 82.3 Å². The molecule has 1 N–H and O–H groups in total. The van der Waals surface area contributed by atoms with Crippen LogP contribution in [0.5, 0.6) is 5.75 Å². The van der Waals surface area contributed by atoms with Crippen LogP contribution in [-0.4, -0.2) is 22.2 Å². The van der Waals surface area contributed by atoms with E-state index < -0.39 is 0 Å². The first kappa shape index (κ1) is 19.9. The van der Waals surface area contributed by atoms with Crippen LogP contribution in [-0.2, 0) is 13.6 Å². The van der Waals surface area contributed by atoms with Crippen molar-refractivity contribution in [3.05, 3.63) is 61.6 Å². The van der Waals surface area contributed by atoms with E-state index in [0.29, 0.717) is 28.1 Å². The molecule has 0 bridgehead atoms. The van der Waals surface area contributed by atoms with Crippen molar-refractivity contribution in [3.8, 4) is 5.75 Å². The van der Waals surface area contributed by atoms with Crippen LogP contribution >= 0.6 is 11.3 Å². The van der Waals surface area contributed by atoms with E-state index in [1.807, 2.05) is 38.1 Å². The molecular formula is C20H23N3O4S. The number of hydrogen-bond donors (Lipinski definition) is 1. The Kier molecular flexibility index (Phi) is 5.69. The molecule has 0 aliphatic heterocycles. The lowest BCUT2D eigenvalue weighted by Gasteiger charge is -2.13. The molecule has 28 heavy (non-hydrogen) atoms. The zero-order chi connectivity index (χ0) is 20.4. The number of amides is 1. The van der Waals surface area contributed by atoms with E-state index in [0.717, 1.165) is 22.6 Å². The molecule has 0 spiro atoms. The Hall–Kier alpha value is -2.87. The largest absolute Gasteiger partial charge is 0.497 e. The molecule has 3 rings (SSSR count). The minimum absolute atomic E-state index is 0.206. The standard InChI is InChI=1S/C20H23N3O4S/c1-5-12(2)23-18(25)15-10-16(28-19(15)22(3)20(23)26)17(24)21-11-13-6-8-14(27-4)9-7-13/h6-10,12H,5,11H2,1-4H3,(H,21,24). The highest BCUT2D eigenvalue weighted by Gasteiger charge is 2.19. The molecule has 0 aliphatic rings. The first-order chi connectivity index (χ1) is 13.4. The fourth-order valence-electron chi connectivity index (χ4n) is 2.94. The van der Waals surface area contributed by atoms with Crippen LogP contribution in [0.25, 0.3) is 10.2 Å². The Morgan fingerprint density at radius 2 is 1.93 bits per heavy atom. The van der Waals surface area contributed by atoms with E-state index in [1.54, 1.807) is 20.2 Å². The number of carbonyl (C=O) groups excluding carboxylic acids is 1. The Labute approximate surface area is 166 Å². The van der Waals surface area contributed by atoms with Gasteiger partial charge >= 0.3 is 5.69 Å². The monoisotopic (exact) mass is 401 g/mol. The molecule has 1 amide bonds. The number of methoxy groups -OCH3 is 1. The van der Waals surface area contributed by atoms with Gasteiger partial charge in [-0.15, -0.1) is 11.3 Å². The number of ether oxygens (including phenoxy) is 1. The number of carbonyl (C=O) groups is 1. The van der Waals surface area contributed by atoms with Gasteiger partial charge in [0.25, 0.3) is 11.5 Å². The fraction of sp³-hybridized carbons (Fsp3) is 0.350. The lowest BCUT2D eigenvalue weighted by atomic mass is 10.2. The van der Waals surface area contributed by atoms with Crippen molar-refractivity contribution in [3.63, 3.8) is 0 Å². The van der Waals surface area contributed by atoms with Crippen molar-refractivity contribution < 1.29 is 9.53 Å². The van der Waals surface area contributed by atoms with Gasteiger partial charge in [-0.05, 0) is 37.1 Å². The second-order valence-electron chi connectivity index (χ2n) is 6.63. The first-order valence-electron chi connectivity index (χ1n) is 9.03. The summed E-state index contributed by atoms with van der Waals surface area (Å²) in [6, 6.07) is 8.77. The van der Waals surface area contributed by atoms with E-state index >= 15 is 0 Å². The molecule has 1 atom stereocenters. The van der Waals surface area contributed by atoms with Crippen molar-refractivity contribution in [2.75, 3.05) is 7.11 Å². The molecular weight excluding hydrogens is 378 g/mol. The lowest BCUT2D eigenvalue weighted by molar-refractivity contribution is 0.0955. The van der Waals surface area contributed by atoms with E-state index in [-0.39, 0.29) is 23.2 Å². The average molecular weight is 401 g/mol. The Morgan fingerprint density at radius 3 is 2.54 bits per heavy atom. The van der Waals surface area contributed by atoms with Gasteiger partial charge in [-0.1, -0.05) is 19.1 Å². The molecule has 1 unspecified atom stereocenters. The van der Waals surface area contributed by atoms with E-state index in [1.165, 1.54) is 9.13 Å². The molecule has 8 heteroatoms. The third-order valence-electron chi connectivity index (χ3n) is 4.83. The van der Waals surface area contributed by atoms with Gasteiger partial charge in [-0.25, -0.2) is 4.79 Å². The summed E-state index contributed by atoms with van der Waals surface area (Å²) < 4.78 is 7.82. The first-order valence-corrected chi connectivity index (χ1v) is 9.85. The van der Waals surface area contributed by atoms with E-state index in [2.05, 4.69) is 5.32 Å². The summed E-state index contributed by atoms with van der Waals surface area (Å²) in [6.45, 7) is 4.11. The minimum atomic E-state index is -0.362. The predicted octanol–water partition coefficient (Wildman–Crippen LogP) is 2.67. The van der Waals surface area contributed by atoms with Gasteiger partial charge in [-0.2, -0.15) is 0 Å². The third-order valence-corrected chi connectivity index (χ3v) is 6.04. The van der Waals surface area contributed by atoms with Crippen molar-refractivity contribution in [2.24, 2.45) is 7.05 Å². The van der Waals surface area contributed by atoms with Crippen LogP contribution in [0, 0.1) is 0 Å². The predicted molar refractivity (Wildman–Crippen MR) is 110 cm³/mol. The molecule has 2 aromatic heterocycles. The summed E-state index contributed by atoms with van der Waals surface area (Å²) in [4.78, 5) is 38.8. The second-order valence-corrected chi connectivity index (χ2v) is 7.66. The number of aromatic nitrogens is 2. The molecule has 2 heterocycles. The summed E-state index contributed by atoms with van der Waals surface area (Å²) in [5.41, 5.74) is 0.221. The molecule has 148 valence electrons. The van der Waals surface area contributed by atoms with Crippen LogP contribution in [0.4, 0.5) is 0 Å². The molecule has 0 radical (unpaired) electrons. The second kappa shape index (κ2) is 8.02. The van der Waals surface area contributed by atoms with Gasteiger partial charge in [0.15, 0.2) is 0 Å². The van der Waals surface area contributed by atoms with E-state index in [4.69, 9.17) is 4.74 Å². The number of hydrogen-bond acceptors (Lipinski definition) is 5. The highest BCUT2D eigenvalue weighted by molar-refractivity contribution is 7.20.